The van der Waals surface area contributed by atoms with Gasteiger partial charge in [0.15, 0.2) is 0 Å². The summed E-state index contributed by atoms with van der Waals surface area (Å²) in [6, 6.07) is 10.7. The third-order valence-electron chi connectivity index (χ3n) is 5.51. The molecule has 2 unspecified atom stereocenters. The minimum atomic E-state index is -4.03. The maximum atomic E-state index is 12.8. The number of para-hydroxylation sites is 1. The summed E-state index contributed by atoms with van der Waals surface area (Å²) in [7, 11) is -5.75. The largest absolute Gasteiger partial charge is 0.475 e. The first-order valence-corrected chi connectivity index (χ1v) is 12.1. The Labute approximate surface area is 188 Å². The molecule has 11 heteroatoms. The fourth-order valence-corrected chi connectivity index (χ4v) is 4.62. The number of rotatable bonds is 11. The lowest BCUT2D eigenvalue weighted by molar-refractivity contribution is -0.123. The van der Waals surface area contributed by atoms with Crippen molar-refractivity contribution in [1.82, 2.24) is 15.0 Å². The molecule has 1 aliphatic rings. The third kappa shape index (κ3) is 6.52. The molecule has 0 radical (unpaired) electrons. The highest BCUT2D eigenvalue weighted by molar-refractivity contribution is 7.89. The van der Waals surface area contributed by atoms with Crippen molar-refractivity contribution in [3.05, 3.63) is 48.7 Å². The Morgan fingerprint density at radius 3 is 2.47 bits per heavy atom. The number of hydrogen-bond donors (Lipinski definition) is 4. The summed E-state index contributed by atoms with van der Waals surface area (Å²) < 4.78 is 33.4. The van der Waals surface area contributed by atoms with Gasteiger partial charge >= 0.3 is 7.12 Å². The molecule has 0 bridgehead atoms. The van der Waals surface area contributed by atoms with Crippen LogP contribution in [0, 0.1) is 5.92 Å². The molecule has 32 heavy (non-hydrogen) atoms. The van der Waals surface area contributed by atoms with Crippen LogP contribution in [0.1, 0.15) is 39.0 Å². The summed E-state index contributed by atoms with van der Waals surface area (Å²) in [4.78, 5) is 16.6. The summed E-state index contributed by atoms with van der Waals surface area (Å²) in [5, 5.41) is 21.8. The van der Waals surface area contributed by atoms with Gasteiger partial charge < -0.3 is 20.1 Å². The molecule has 2 aromatic rings. The van der Waals surface area contributed by atoms with Crippen LogP contribution in [0.4, 0.5) is 0 Å². The quantitative estimate of drug-likeness (QED) is 0.373. The van der Waals surface area contributed by atoms with Crippen LogP contribution in [0.15, 0.2) is 53.6 Å². The molecule has 0 saturated heterocycles. The first-order valence-electron chi connectivity index (χ1n) is 10.7. The van der Waals surface area contributed by atoms with Gasteiger partial charge in [0, 0.05) is 6.07 Å². The van der Waals surface area contributed by atoms with Gasteiger partial charge in [0.05, 0.1) is 12.1 Å². The Bertz CT molecular complexity index is 984. The van der Waals surface area contributed by atoms with Gasteiger partial charge in [-0.15, -0.1) is 0 Å². The minimum absolute atomic E-state index is 0.114. The Hall–Kier alpha value is -2.47. The zero-order valence-corrected chi connectivity index (χ0v) is 18.7. The lowest BCUT2D eigenvalue weighted by Crippen LogP contribution is -2.54. The molecule has 172 valence electrons. The van der Waals surface area contributed by atoms with E-state index in [-0.39, 0.29) is 17.2 Å². The molecule has 0 spiro atoms. The van der Waals surface area contributed by atoms with E-state index in [1.807, 2.05) is 6.07 Å². The van der Waals surface area contributed by atoms with Gasteiger partial charge in [-0.1, -0.05) is 44.4 Å². The van der Waals surface area contributed by atoms with E-state index >= 15 is 0 Å². The second-order valence-electron chi connectivity index (χ2n) is 7.89. The predicted octanol–water partition coefficient (Wildman–Crippen LogP) is 1.62. The van der Waals surface area contributed by atoms with Crippen LogP contribution in [-0.2, 0) is 14.8 Å². The molecule has 1 amide bonds. The van der Waals surface area contributed by atoms with E-state index in [0.717, 1.165) is 25.5 Å². The van der Waals surface area contributed by atoms with Gasteiger partial charge in [-0.2, -0.15) is 4.72 Å². The van der Waals surface area contributed by atoms with Gasteiger partial charge in [-0.25, -0.2) is 13.4 Å². The lowest BCUT2D eigenvalue weighted by atomic mass is 9.70. The SMILES string of the molecule is CCC(NS(=O)(=O)c1ccc(Oc2ccccc2)nc1)C(=O)NC(CC1CCC1)B(O)O. The first-order chi connectivity index (χ1) is 15.3. The van der Waals surface area contributed by atoms with Crippen LogP contribution in [-0.4, -0.2) is 48.5 Å². The number of benzene rings is 1. The van der Waals surface area contributed by atoms with Crippen molar-refractivity contribution in [3.63, 3.8) is 0 Å². The normalized spacial score (nSPS) is 16.0. The van der Waals surface area contributed by atoms with Crippen LogP contribution in [0.5, 0.6) is 11.6 Å². The number of ether oxygens (including phenoxy) is 1. The average molecular weight is 461 g/mol. The van der Waals surface area contributed by atoms with Crippen molar-refractivity contribution in [2.45, 2.75) is 55.9 Å². The van der Waals surface area contributed by atoms with E-state index in [9.17, 15) is 23.3 Å². The van der Waals surface area contributed by atoms with Crippen molar-refractivity contribution < 1.29 is 28.0 Å². The van der Waals surface area contributed by atoms with E-state index < -0.39 is 35.0 Å². The van der Waals surface area contributed by atoms with Crippen molar-refractivity contribution in [2.24, 2.45) is 5.92 Å². The fourth-order valence-electron chi connectivity index (χ4n) is 3.40. The molecule has 1 heterocycles. The first kappa shape index (κ1) is 24.2. The molecule has 1 aliphatic carbocycles. The summed E-state index contributed by atoms with van der Waals surface area (Å²) in [5.41, 5.74) is 0. The number of carbonyl (C=O) groups is 1. The highest BCUT2D eigenvalue weighted by atomic mass is 32.2. The molecule has 9 nitrogen and oxygen atoms in total. The van der Waals surface area contributed by atoms with Crippen LogP contribution in [0.3, 0.4) is 0 Å². The summed E-state index contributed by atoms with van der Waals surface area (Å²) in [6.45, 7) is 1.66. The maximum absolute atomic E-state index is 12.8. The molecular formula is C21H28BN3O6S. The van der Waals surface area contributed by atoms with E-state index in [0.29, 0.717) is 18.1 Å². The number of carbonyl (C=O) groups excluding carboxylic acids is 1. The highest BCUT2D eigenvalue weighted by Gasteiger charge is 2.33. The molecule has 2 atom stereocenters. The lowest BCUT2D eigenvalue weighted by Gasteiger charge is -2.30. The van der Waals surface area contributed by atoms with Gasteiger partial charge in [0.1, 0.15) is 16.7 Å². The number of hydrogen-bond acceptors (Lipinski definition) is 7. The van der Waals surface area contributed by atoms with Gasteiger partial charge in [-0.05, 0) is 37.0 Å². The van der Waals surface area contributed by atoms with Crippen molar-refractivity contribution >= 4 is 23.0 Å². The van der Waals surface area contributed by atoms with Crippen molar-refractivity contribution in [1.29, 1.82) is 0 Å². The second-order valence-corrected chi connectivity index (χ2v) is 9.60. The van der Waals surface area contributed by atoms with Crippen LogP contribution in [0.25, 0.3) is 0 Å². The zero-order valence-electron chi connectivity index (χ0n) is 17.8. The Kier molecular flexibility index (Phi) is 8.24. The zero-order chi connectivity index (χ0) is 23.1. The molecule has 1 fully saturated rings. The fraction of sp³-hybridized carbons (Fsp3) is 0.429. The highest BCUT2D eigenvalue weighted by Crippen LogP contribution is 2.30. The van der Waals surface area contributed by atoms with E-state index in [2.05, 4.69) is 15.0 Å². The number of pyridine rings is 1. The summed E-state index contributed by atoms with van der Waals surface area (Å²) in [5.74, 6) is -0.316. The Morgan fingerprint density at radius 1 is 1.22 bits per heavy atom. The van der Waals surface area contributed by atoms with Gasteiger partial charge in [-0.3, -0.25) is 4.79 Å². The van der Waals surface area contributed by atoms with Crippen LogP contribution < -0.4 is 14.8 Å². The number of sulfonamides is 1. The summed E-state index contributed by atoms with van der Waals surface area (Å²) >= 11 is 0. The molecule has 1 aromatic carbocycles. The van der Waals surface area contributed by atoms with Gasteiger partial charge in [0.25, 0.3) is 0 Å². The minimum Gasteiger partial charge on any atom is -0.439 e. The topological polar surface area (TPSA) is 138 Å². The monoisotopic (exact) mass is 461 g/mol. The average Bonchev–Trinajstić information content (AvgIpc) is 2.74. The Morgan fingerprint density at radius 2 is 1.94 bits per heavy atom. The molecule has 0 aliphatic heterocycles. The predicted molar refractivity (Wildman–Crippen MR) is 119 cm³/mol. The number of nitrogens with zero attached hydrogens (tertiary/aromatic N) is 1. The number of amides is 1. The van der Waals surface area contributed by atoms with E-state index in [4.69, 9.17) is 4.74 Å². The molecular weight excluding hydrogens is 433 g/mol. The summed E-state index contributed by atoms with van der Waals surface area (Å²) in [6.07, 6.45) is 4.85. The number of nitrogens with one attached hydrogen (secondary N) is 2. The second kappa shape index (κ2) is 10.9. The maximum Gasteiger partial charge on any atom is 0.475 e. The van der Waals surface area contributed by atoms with Crippen molar-refractivity contribution in [2.75, 3.05) is 0 Å². The van der Waals surface area contributed by atoms with Crippen molar-refractivity contribution in [3.8, 4) is 11.6 Å². The Balaban J connectivity index is 1.63. The standard InChI is InChI=1S/C21H28BN3O6S/c1-2-18(21(26)24-19(22(27)28)13-15-7-6-8-15)25-32(29,30)17-11-12-20(23-14-17)31-16-9-4-3-5-10-16/h3-5,9-12,14-15,18-19,25,27-28H,2,6-8,13H2,1H3,(H,24,26). The molecule has 3 rings (SSSR count). The third-order valence-corrected chi connectivity index (χ3v) is 6.96. The smallest absolute Gasteiger partial charge is 0.439 e. The molecule has 4 N–H and O–H groups in total. The molecule has 1 aromatic heterocycles. The van der Waals surface area contributed by atoms with E-state index in [1.54, 1.807) is 31.2 Å². The van der Waals surface area contributed by atoms with Gasteiger partial charge in [0.2, 0.25) is 21.8 Å². The van der Waals surface area contributed by atoms with E-state index in [1.165, 1.54) is 12.1 Å². The van der Waals surface area contributed by atoms with Crippen LogP contribution in [0.2, 0.25) is 0 Å². The molecule has 1 saturated carbocycles. The number of aromatic nitrogens is 1. The van der Waals surface area contributed by atoms with Crippen LogP contribution >= 0.6 is 0 Å².